The number of thiazole rings is 1. The molecule has 1 aliphatic rings. The number of aromatic nitrogens is 1. The highest BCUT2D eigenvalue weighted by atomic mass is 32.1. The summed E-state index contributed by atoms with van der Waals surface area (Å²) in [5.74, 6) is -0.200. The summed E-state index contributed by atoms with van der Waals surface area (Å²) in [6.07, 6.45) is 2.28. The number of carbonyl (C=O) groups is 2. The van der Waals surface area contributed by atoms with E-state index in [0.717, 1.165) is 52.1 Å². The van der Waals surface area contributed by atoms with E-state index < -0.39 is 0 Å². The molecule has 3 aromatic rings. The second-order valence-electron chi connectivity index (χ2n) is 8.41. The zero-order valence-electron chi connectivity index (χ0n) is 19.2. The average molecular weight is 498 g/mol. The van der Waals surface area contributed by atoms with Crippen LogP contribution in [0.5, 0.6) is 0 Å². The van der Waals surface area contributed by atoms with Gasteiger partial charge in [0.1, 0.15) is 0 Å². The molecule has 7 nitrogen and oxygen atoms in total. The summed E-state index contributed by atoms with van der Waals surface area (Å²) in [5, 5.41) is 9.97. The second-order valence-corrected chi connectivity index (χ2v) is 10.2. The van der Waals surface area contributed by atoms with Crippen molar-refractivity contribution < 1.29 is 9.59 Å². The van der Waals surface area contributed by atoms with Gasteiger partial charge in [0, 0.05) is 44.6 Å². The van der Waals surface area contributed by atoms with Gasteiger partial charge >= 0.3 is 0 Å². The number of amides is 2. The molecule has 2 N–H and O–H groups in total. The van der Waals surface area contributed by atoms with Crippen LogP contribution in [-0.2, 0) is 17.8 Å². The number of anilines is 1. The van der Waals surface area contributed by atoms with Gasteiger partial charge < -0.3 is 10.2 Å². The van der Waals surface area contributed by atoms with E-state index >= 15 is 0 Å². The minimum Gasteiger partial charge on any atom is -0.356 e. The normalized spacial score (nSPS) is 14.7. The molecule has 1 aliphatic heterocycles. The number of benzene rings is 1. The quantitative estimate of drug-likeness (QED) is 0.395. The fourth-order valence-electron chi connectivity index (χ4n) is 3.94. The Labute approximate surface area is 208 Å². The lowest BCUT2D eigenvalue weighted by molar-refractivity contribution is -0.120. The zero-order valence-corrected chi connectivity index (χ0v) is 20.9. The molecule has 0 saturated carbocycles. The van der Waals surface area contributed by atoms with Gasteiger partial charge in [0.25, 0.3) is 5.91 Å². The minimum atomic E-state index is -0.169. The summed E-state index contributed by atoms with van der Waals surface area (Å²) in [6, 6.07) is 14.3. The first-order chi connectivity index (χ1) is 16.7. The predicted octanol–water partition coefficient (Wildman–Crippen LogP) is 3.71. The van der Waals surface area contributed by atoms with Crippen molar-refractivity contribution in [2.75, 3.05) is 44.6 Å². The SMILES string of the molecule is O=C(Cc1csc(NC(=O)c2cccs2)n1)NCCCCN1CCN(Cc2ccccc2)CC1. The topological polar surface area (TPSA) is 77.6 Å². The standard InChI is InChI=1S/C25H31N5O2S2/c31-23(17-21-19-34-25(27-21)28-24(32)22-9-6-16-33-22)26-10-4-5-11-29-12-14-30(15-13-29)18-20-7-2-1-3-8-20/h1-3,6-9,16,19H,4-5,10-15,17-18H2,(H,26,31)(H,27,28,32). The van der Waals surface area contributed by atoms with Crippen molar-refractivity contribution in [2.24, 2.45) is 0 Å². The van der Waals surface area contributed by atoms with Crippen molar-refractivity contribution in [3.8, 4) is 0 Å². The summed E-state index contributed by atoms with van der Waals surface area (Å²) in [5.41, 5.74) is 2.06. The van der Waals surface area contributed by atoms with Crippen LogP contribution in [0.25, 0.3) is 0 Å². The molecule has 9 heteroatoms. The summed E-state index contributed by atoms with van der Waals surface area (Å²) in [7, 11) is 0. The minimum absolute atomic E-state index is 0.0315. The molecule has 0 bridgehead atoms. The fraction of sp³-hybridized carbons (Fsp3) is 0.400. The highest BCUT2D eigenvalue weighted by Gasteiger charge is 2.16. The molecule has 0 radical (unpaired) electrons. The summed E-state index contributed by atoms with van der Waals surface area (Å²) >= 11 is 2.72. The van der Waals surface area contributed by atoms with Gasteiger partial charge in [-0.1, -0.05) is 36.4 Å². The van der Waals surface area contributed by atoms with Crippen LogP contribution in [0.3, 0.4) is 0 Å². The Hall–Kier alpha value is -2.59. The van der Waals surface area contributed by atoms with Gasteiger partial charge in [-0.05, 0) is 36.4 Å². The third-order valence-electron chi connectivity index (χ3n) is 5.80. The molecule has 4 rings (SSSR count). The van der Waals surface area contributed by atoms with Gasteiger partial charge in [-0.2, -0.15) is 0 Å². The highest BCUT2D eigenvalue weighted by molar-refractivity contribution is 7.14. The van der Waals surface area contributed by atoms with Crippen LogP contribution < -0.4 is 10.6 Å². The smallest absolute Gasteiger partial charge is 0.267 e. The lowest BCUT2D eigenvalue weighted by atomic mass is 10.2. The first kappa shape index (κ1) is 24.5. The average Bonchev–Trinajstić information content (AvgIpc) is 3.53. The highest BCUT2D eigenvalue weighted by Crippen LogP contribution is 2.18. The Morgan fingerprint density at radius 1 is 0.941 bits per heavy atom. The van der Waals surface area contributed by atoms with Gasteiger partial charge in [-0.3, -0.25) is 19.8 Å². The van der Waals surface area contributed by atoms with Crippen LogP contribution in [-0.4, -0.2) is 65.9 Å². The lowest BCUT2D eigenvalue weighted by Gasteiger charge is -2.34. The van der Waals surface area contributed by atoms with Crippen LogP contribution in [0.4, 0.5) is 5.13 Å². The summed E-state index contributed by atoms with van der Waals surface area (Å²) in [4.78, 5) is 34.4. The Morgan fingerprint density at radius 3 is 2.50 bits per heavy atom. The molecule has 0 aliphatic carbocycles. The molecule has 0 atom stereocenters. The Kier molecular flexibility index (Phi) is 9.20. The Bertz CT molecular complexity index is 1030. The van der Waals surface area contributed by atoms with E-state index in [1.807, 2.05) is 16.8 Å². The molecule has 1 fully saturated rings. The monoisotopic (exact) mass is 497 g/mol. The number of carbonyl (C=O) groups excluding carboxylic acids is 2. The van der Waals surface area contributed by atoms with E-state index in [9.17, 15) is 9.59 Å². The Morgan fingerprint density at radius 2 is 1.74 bits per heavy atom. The number of rotatable bonds is 11. The van der Waals surface area contributed by atoms with Crippen molar-refractivity contribution >= 4 is 39.6 Å². The number of nitrogens with one attached hydrogen (secondary N) is 2. The number of piperazine rings is 1. The second kappa shape index (κ2) is 12.8. The molecule has 2 amide bonds. The van der Waals surface area contributed by atoms with Crippen molar-refractivity contribution in [3.05, 3.63) is 69.4 Å². The van der Waals surface area contributed by atoms with E-state index in [4.69, 9.17) is 0 Å². The molecular formula is C25H31N5O2S2. The third kappa shape index (κ3) is 7.73. The molecule has 1 saturated heterocycles. The predicted molar refractivity (Wildman–Crippen MR) is 138 cm³/mol. The van der Waals surface area contributed by atoms with Crippen LogP contribution >= 0.6 is 22.7 Å². The van der Waals surface area contributed by atoms with E-state index in [0.29, 0.717) is 22.2 Å². The summed E-state index contributed by atoms with van der Waals surface area (Å²) < 4.78 is 0. The van der Waals surface area contributed by atoms with Crippen LogP contribution in [0.1, 0.15) is 33.8 Å². The van der Waals surface area contributed by atoms with E-state index in [1.165, 1.54) is 28.2 Å². The molecule has 2 aromatic heterocycles. The van der Waals surface area contributed by atoms with Crippen molar-refractivity contribution in [1.82, 2.24) is 20.1 Å². The molecule has 1 aromatic carbocycles. The number of hydrogen-bond acceptors (Lipinski definition) is 7. The number of nitrogens with zero attached hydrogens (tertiary/aromatic N) is 3. The maximum Gasteiger partial charge on any atom is 0.267 e. The van der Waals surface area contributed by atoms with E-state index in [-0.39, 0.29) is 18.2 Å². The third-order valence-corrected chi connectivity index (χ3v) is 7.47. The van der Waals surface area contributed by atoms with E-state index in [2.05, 4.69) is 55.7 Å². The number of thiophene rings is 1. The van der Waals surface area contributed by atoms with Crippen LogP contribution in [0, 0.1) is 0 Å². The summed E-state index contributed by atoms with van der Waals surface area (Å²) in [6.45, 7) is 7.21. The molecule has 3 heterocycles. The van der Waals surface area contributed by atoms with Gasteiger partial charge in [-0.25, -0.2) is 4.98 Å². The van der Waals surface area contributed by atoms with Crippen LogP contribution in [0.2, 0.25) is 0 Å². The molecule has 180 valence electrons. The number of hydrogen-bond donors (Lipinski definition) is 2. The maximum atomic E-state index is 12.2. The van der Waals surface area contributed by atoms with E-state index in [1.54, 1.807) is 6.07 Å². The van der Waals surface area contributed by atoms with Crippen LogP contribution in [0.15, 0.2) is 53.2 Å². The molecular weight excluding hydrogens is 466 g/mol. The largest absolute Gasteiger partial charge is 0.356 e. The number of unbranched alkanes of at least 4 members (excludes halogenated alkanes) is 1. The fourth-order valence-corrected chi connectivity index (χ4v) is 5.26. The first-order valence-corrected chi connectivity index (χ1v) is 13.5. The maximum absolute atomic E-state index is 12.2. The molecule has 34 heavy (non-hydrogen) atoms. The van der Waals surface area contributed by atoms with Crippen molar-refractivity contribution in [1.29, 1.82) is 0 Å². The molecule has 0 unspecified atom stereocenters. The van der Waals surface area contributed by atoms with Gasteiger partial charge in [0.15, 0.2) is 5.13 Å². The van der Waals surface area contributed by atoms with Gasteiger partial charge in [0.2, 0.25) is 5.91 Å². The van der Waals surface area contributed by atoms with Gasteiger partial charge in [0.05, 0.1) is 17.0 Å². The molecule has 0 spiro atoms. The van der Waals surface area contributed by atoms with Crippen molar-refractivity contribution in [3.63, 3.8) is 0 Å². The van der Waals surface area contributed by atoms with Crippen molar-refractivity contribution in [2.45, 2.75) is 25.8 Å². The van der Waals surface area contributed by atoms with Gasteiger partial charge in [-0.15, -0.1) is 22.7 Å². The lowest BCUT2D eigenvalue weighted by Crippen LogP contribution is -2.46. The zero-order chi connectivity index (χ0) is 23.6. The Balaban J connectivity index is 1.06. The first-order valence-electron chi connectivity index (χ1n) is 11.7.